The summed E-state index contributed by atoms with van der Waals surface area (Å²) in [5, 5.41) is 9.16. The van der Waals surface area contributed by atoms with E-state index in [-0.39, 0.29) is 0 Å². The van der Waals surface area contributed by atoms with Gasteiger partial charge in [0.15, 0.2) is 0 Å². The van der Waals surface area contributed by atoms with E-state index in [0.717, 1.165) is 90.1 Å². The molecule has 0 aliphatic rings. The first-order chi connectivity index (χ1) is 33.7. The van der Waals surface area contributed by atoms with Crippen LogP contribution in [0, 0.1) is 0 Å². The summed E-state index contributed by atoms with van der Waals surface area (Å²) in [6.07, 6.45) is 3.71. The summed E-state index contributed by atoms with van der Waals surface area (Å²) in [5.41, 5.74) is 12.9. The minimum absolute atomic E-state index is 0.968. The SMILES string of the molecule is c1ccc(-n2c(-c3ccc(-c4ccc(N(c5ccc6ncccc6c5)c5csc6ccccc56)n4-c4ccccc4)cc3)ccc2N(c2ccc3ncccc3c2)c2csc3ccccc23)cc1. The first-order valence-electron chi connectivity index (χ1n) is 22.6. The monoisotopic (exact) mass is 908 g/mol. The molecule has 0 aliphatic carbocycles. The molecule has 0 saturated heterocycles. The van der Waals surface area contributed by atoms with Crippen LogP contribution in [0.3, 0.4) is 0 Å². The Hall–Kier alpha value is -8.56. The van der Waals surface area contributed by atoms with Gasteiger partial charge in [-0.1, -0.05) is 109 Å². The molecule has 322 valence electrons. The highest BCUT2D eigenvalue weighted by Gasteiger charge is 2.26. The van der Waals surface area contributed by atoms with Gasteiger partial charge in [0.25, 0.3) is 0 Å². The van der Waals surface area contributed by atoms with Crippen LogP contribution in [0.25, 0.3) is 75.9 Å². The molecule has 0 saturated carbocycles. The lowest BCUT2D eigenvalue weighted by Crippen LogP contribution is -2.14. The Morgan fingerprint density at radius 3 is 1.25 bits per heavy atom. The molecule has 0 spiro atoms. The van der Waals surface area contributed by atoms with Crippen LogP contribution in [0.15, 0.2) is 242 Å². The quantitative estimate of drug-likeness (QED) is 0.137. The number of nitrogens with zero attached hydrogens (tertiary/aromatic N) is 6. The Balaban J connectivity index is 0.966. The molecule has 6 aromatic heterocycles. The highest BCUT2D eigenvalue weighted by molar-refractivity contribution is 7.18. The number of thiophene rings is 2. The Labute approximate surface area is 401 Å². The molecule has 0 atom stereocenters. The smallest absolute Gasteiger partial charge is 0.122 e. The number of hydrogen-bond donors (Lipinski definition) is 0. The van der Waals surface area contributed by atoms with Crippen molar-refractivity contribution < 1.29 is 0 Å². The molecule has 0 bridgehead atoms. The number of rotatable bonds is 10. The molecule has 7 aromatic carbocycles. The topological polar surface area (TPSA) is 42.1 Å². The number of para-hydroxylation sites is 2. The van der Waals surface area contributed by atoms with E-state index >= 15 is 0 Å². The molecular formula is C60H40N6S2. The molecule has 0 fully saturated rings. The van der Waals surface area contributed by atoms with Gasteiger partial charge in [-0.3, -0.25) is 28.9 Å². The first kappa shape index (κ1) is 39.8. The van der Waals surface area contributed by atoms with Crippen LogP contribution in [0.2, 0.25) is 0 Å². The van der Waals surface area contributed by atoms with Gasteiger partial charge in [0.2, 0.25) is 0 Å². The summed E-state index contributed by atoms with van der Waals surface area (Å²) in [7, 11) is 0. The third-order valence-corrected chi connectivity index (χ3v) is 14.7. The second kappa shape index (κ2) is 16.7. The Kier molecular flexibility index (Phi) is 9.77. The minimum Gasteiger partial charge on any atom is -0.296 e. The minimum atomic E-state index is 0.968. The standard InChI is InChI=1S/C60H40N6S2/c1-3-15-45(16-4-1)63-53(31-33-59(63)65(55-39-67-57-21-9-7-19-49(55)57)47-27-29-51-43(37-47)13-11-35-61-51)41-23-25-42(26-24-41)54-32-34-60(64(54)46-17-5-2-6-18-46)66(56-40-68-58-22-10-8-20-50(56)58)48-28-30-52-44(38-48)14-12-36-62-52/h1-40H. The average molecular weight is 909 g/mol. The second-order valence-corrected chi connectivity index (χ2v) is 18.6. The molecule has 0 aliphatic heterocycles. The molecule has 13 aromatic rings. The summed E-state index contributed by atoms with van der Waals surface area (Å²) in [6, 6.07) is 78.3. The summed E-state index contributed by atoms with van der Waals surface area (Å²) in [6.45, 7) is 0. The van der Waals surface area contributed by atoms with E-state index < -0.39 is 0 Å². The predicted octanol–water partition coefficient (Wildman–Crippen LogP) is 17.1. The van der Waals surface area contributed by atoms with Crippen molar-refractivity contribution in [3.05, 3.63) is 242 Å². The number of benzene rings is 7. The fraction of sp³-hybridized carbons (Fsp3) is 0. The molecular weight excluding hydrogens is 869 g/mol. The third kappa shape index (κ3) is 6.85. The van der Waals surface area contributed by atoms with Gasteiger partial charge in [-0.05, 0) is 120 Å². The number of anilines is 6. The van der Waals surface area contributed by atoms with E-state index in [4.69, 9.17) is 0 Å². The van der Waals surface area contributed by atoms with Crippen molar-refractivity contribution >= 4 is 99.0 Å². The van der Waals surface area contributed by atoms with Gasteiger partial charge in [-0.15, -0.1) is 22.7 Å². The van der Waals surface area contributed by atoms with Crippen LogP contribution in [0.1, 0.15) is 0 Å². The highest BCUT2D eigenvalue weighted by Crippen LogP contribution is 2.47. The largest absolute Gasteiger partial charge is 0.296 e. The summed E-state index contributed by atoms with van der Waals surface area (Å²) in [5.74, 6) is 2.07. The fourth-order valence-electron chi connectivity index (χ4n) is 9.63. The van der Waals surface area contributed by atoms with Crippen LogP contribution in [-0.2, 0) is 0 Å². The van der Waals surface area contributed by atoms with Gasteiger partial charge in [-0.2, -0.15) is 0 Å². The molecule has 0 amide bonds. The normalized spacial score (nSPS) is 11.5. The lowest BCUT2D eigenvalue weighted by atomic mass is 10.1. The van der Waals surface area contributed by atoms with Crippen molar-refractivity contribution in [3.8, 4) is 33.9 Å². The van der Waals surface area contributed by atoms with Gasteiger partial charge in [0, 0.05) is 76.8 Å². The summed E-state index contributed by atoms with van der Waals surface area (Å²) < 4.78 is 7.27. The van der Waals surface area contributed by atoms with Crippen LogP contribution in [-0.4, -0.2) is 19.1 Å². The van der Waals surface area contributed by atoms with Crippen molar-refractivity contribution in [2.45, 2.75) is 0 Å². The molecule has 0 N–H and O–H groups in total. The van der Waals surface area contributed by atoms with E-state index in [9.17, 15) is 0 Å². The fourth-order valence-corrected chi connectivity index (χ4v) is 11.5. The van der Waals surface area contributed by atoms with E-state index in [2.05, 4.69) is 246 Å². The predicted molar refractivity (Wildman–Crippen MR) is 287 cm³/mol. The highest BCUT2D eigenvalue weighted by atomic mass is 32.1. The van der Waals surface area contributed by atoms with Gasteiger partial charge < -0.3 is 0 Å². The second-order valence-electron chi connectivity index (χ2n) is 16.7. The van der Waals surface area contributed by atoms with E-state index in [1.54, 1.807) is 22.7 Å². The summed E-state index contributed by atoms with van der Waals surface area (Å²) in [4.78, 5) is 14.1. The first-order valence-corrected chi connectivity index (χ1v) is 24.4. The van der Waals surface area contributed by atoms with E-state index in [1.807, 2.05) is 24.5 Å². The van der Waals surface area contributed by atoms with Crippen molar-refractivity contribution in [2.24, 2.45) is 0 Å². The maximum atomic E-state index is 4.66. The van der Waals surface area contributed by atoms with Crippen LogP contribution in [0.5, 0.6) is 0 Å². The average Bonchev–Trinajstić information content (AvgIpc) is 4.24. The lowest BCUT2D eigenvalue weighted by molar-refractivity contribution is 1.05. The Morgan fingerprint density at radius 2 is 0.794 bits per heavy atom. The number of aromatic nitrogens is 4. The van der Waals surface area contributed by atoms with Gasteiger partial charge in [0.1, 0.15) is 11.6 Å². The molecule has 13 rings (SSSR count). The van der Waals surface area contributed by atoms with Crippen LogP contribution >= 0.6 is 22.7 Å². The van der Waals surface area contributed by atoms with E-state index in [0.29, 0.717) is 0 Å². The molecule has 6 nitrogen and oxygen atoms in total. The number of hydrogen-bond acceptors (Lipinski definition) is 6. The number of pyridine rings is 2. The number of fused-ring (bicyclic) bond motifs is 4. The van der Waals surface area contributed by atoms with Crippen molar-refractivity contribution in [1.29, 1.82) is 0 Å². The molecule has 8 heteroatoms. The Bertz CT molecular complexity index is 3680. The third-order valence-electron chi connectivity index (χ3n) is 12.8. The van der Waals surface area contributed by atoms with Crippen molar-refractivity contribution in [3.63, 3.8) is 0 Å². The van der Waals surface area contributed by atoms with Gasteiger partial charge in [-0.25, -0.2) is 0 Å². The van der Waals surface area contributed by atoms with Crippen molar-refractivity contribution in [2.75, 3.05) is 9.80 Å². The van der Waals surface area contributed by atoms with Crippen LogP contribution in [0.4, 0.5) is 34.4 Å². The molecule has 68 heavy (non-hydrogen) atoms. The Morgan fingerprint density at radius 1 is 0.368 bits per heavy atom. The molecule has 6 heterocycles. The maximum Gasteiger partial charge on any atom is 0.122 e. The zero-order valence-electron chi connectivity index (χ0n) is 36.6. The van der Waals surface area contributed by atoms with Crippen molar-refractivity contribution in [1.82, 2.24) is 19.1 Å². The van der Waals surface area contributed by atoms with Gasteiger partial charge >= 0.3 is 0 Å². The van der Waals surface area contributed by atoms with Gasteiger partial charge in [0.05, 0.1) is 33.8 Å². The van der Waals surface area contributed by atoms with E-state index in [1.165, 1.54) is 20.2 Å². The van der Waals surface area contributed by atoms with Crippen LogP contribution < -0.4 is 9.80 Å². The molecule has 0 radical (unpaired) electrons. The maximum absolute atomic E-state index is 4.66. The zero-order chi connectivity index (χ0) is 45.0. The molecule has 0 unspecified atom stereocenters. The lowest BCUT2D eigenvalue weighted by Gasteiger charge is -2.27. The summed E-state index contributed by atoms with van der Waals surface area (Å²) >= 11 is 3.54. The zero-order valence-corrected chi connectivity index (χ0v) is 38.2.